The number of phenolic OH excluding ortho intramolecular Hbond substituents is 1. The van der Waals surface area contributed by atoms with Crippen LogP contribution in [0.2, 0.25) is 0 Å². The van der Waals surface area contributed by atoms with Crippen LogP contribution < -0.4 is 4.74 Å². The first-order valence-corrected chi connectivity index (χ1v) is 13.4. The lowest BCUT2D eigenvalue weighted by molar-refractivity contribution is -0.179. The van der Waals surface area contributed by atoms with Gasteiger partial charge in [-0.2, -0.15) is 0 Å². The molecule has 0 unspecified atom stereocenters. The summed E-state index contributed by atoms with van der Waals surface area (Å²) in [5.41, 5.74) is 4.95. The Labute approximate surface area is 224 Å². The van der Waals surface area contributed by atoms with Crippen molar-refractivity contribution in [1.29, 1.82) is 0 Å². The second-order valence-electron chi connectivity index (χ2n) is 12.7. The third-order valence-electron chi connectivity index (χ3n) is 7.80. The molecule has 2 aliphatic rings. The van der Waals surface area contributed by atoms with E-state index in [4.69, 9.17) is 14.2 Å². The van der Waals surface area contributed by atoms with Crippen LogP contribution in [0.25, 0.3) is 38.4 Å². The Bertz CT molecular complexity index is 1630. The smallest absolute Gasteiger partial charge is 0.205 e. The summed E-state index contributed by atoms with van der Waals surface area (Å²) in [6, 6.07) is 20.5. The fraction of sp³-hybridized carbons (Fsp3) is 0.353. The van der Waals surface area contributed by atoms with Crippen LogP contribution in [0.4, 0.5) is 0 Å². The largest absolute Gasteiger partial charge is 0.507 e. The van der Waals surface area contributed by atoms with E-state index in [1.54, 1.807) is 6.07 Å². The highest BCUT2D eigenvalue weighted by atomic mass is 16.7. The van der Waals surface area contributed by atoms with Gasteiger partial charge in [0.15, 0.2) is 0 Å². The van der Waals surface area contributed by atoms with Crippen molar-refractivity contribution < 1.29 is 19.3 Å². The van der Waals surface area contributed by atoms with E-state index >= 15 is 0 Å². The Morgan fingerprint density at radius 1 is 0.816 bits per heavy atom. The standard InChI is InChI=1S/C34H36O4/c1-32(2,3)31-30(36-19-33(31,4)5)24-14-10-13-23-22(24)15-16-26(35)29(23)28-21-12-9-8-11-20(21)17-27-25(28)18-37-34(6,7)38-27/h8-17,35H,18-19H2,1-7H3. The zero-order valence-corrected chi connectivity index (χ0v) is 23.4. The van der Waals surface area contributed by atoms with Gasteiger partial charge in [-0.05, 0) is 50.7 Å². The molecule has 0 spiro atoms. The zero-order valence-electron chi connectivity index (χ0n) is 23.4. The van der Waals surface area contributed by atoms with Crippen LogP contribution in [0.5, 0.6) is 11.5 Å². The summed E-state index contributed by atoms with van der Waals surface area (Å²) in [6.45, 7) is 16.2. The molecule has 0 aromatic heterocycles. The van der Waals surface area contributed by atoms with Crippen LogP contribution >= 0.6 is 0 Å². The Kier molecular flexibility index (Phi) is 5.39. The molecule has 0 saturated heterocycles. The van der Waals surface area contributed by atoms with Gasteiger partial charge in [0, 0.05) is 41.5 Å². The van der Waals surface area contributed by atoms with Crippen LogP contribution in [0.1, 0.15) is 59.6 Å². The first kappa shape index (κ1) is 24.8. The summed E-state index contributed by atoms with van der Waals surface area (Å²) < 4.78 is 18.8. The van der Waals surface area contributed by atoms with Gasteiger partial charge >= 0.3 is 0 Å². The molecule has 4 aromatic carbocycles. The fourth-order valence-corrected chi connectivity index (χ4v) is 6.50. The lowest BCUT2D eigenvalue weighted by Crippen LogP contribution is -2.35. The van der Waals surface area contributed by atoms with Gasteiger partial charge in [-0.3, -0.25) is 0 Å². The number of fused-ring (bicyclic) bond motifs is 3. The van der Waals surface area contributed by atoms with Crippen molar-refractivity contribution >= 4 is 27.3 Å². The third-order valence-corrected chi connectivity index (χ3v) is 7.80. The number of ether oxygens (including phenoxy) is 3. The molecular weight excluding hydrogens is 472 g/mol. The van der Waals surface area contributed by atoms with E-state index in [1.807, 2.05) is 32.0 Å². The molecule has 196 valence electrons. The van der Waals surface area contributed by atoms with Crippen molar-refractivity contribution in [1.82, 2.24) is 0 Å². The number of hydrogen-bond donors (Lipinski definition) is 1. The van der Waals surface area contributed by atoms with Crippen LogP contribution in [0.15, 0.2) is 66.2 Å². The summed E-state index contributed by atoms with van der Waals surface area (Å²) >= 11 is 0. The van der Waals surface area contributed by atoms with Gasteiger partial charge in [-0.1, -0.05) is 77.1 Å². The van der Waals surface area contributed by atoms with E-state index in [2.05, 4.69) is 71.0 Å². The van der Waals surface area contributed by atoms with E-state index in [0.717, 1.165) is 55.3 Å². The number of aromatic hydroxyl groups is 1. The van der Waals surface area contributed by atoms with Gasteiger partial charge in [0.2, 0.25) is 5.79 Å². The van der Waals surface area contributed by atoms with Crippen molar-refractivity contribution in [2.45, 2.75) is 60.9 Å². The van der Waals surface area contributed by atoms with E-state index in [9.17, 15) is 5.11 Å². The van der Waals surface area contributed by atoms with Crippen LogP contribution in [-0.2, 0) is 16.1 Å². The summed E-state index contributed by atoms with van der Waals surface area (Å²) in [4.78, 5) is 0. The average molecular weight is 509 g/mol. The molecule has 2 heterocycles. The molecule has 0 bridgehead atoms. The van der Waals surface area contributed by atoms with E-state index in [1.165, 1.54) is 5.57 Å². The molecule has 4 nitrogen and oxygen atoms in total. The molecule has 2 aliphatic heterocycles. The highest BCUT2D eigenvalue weighted by Gasteiger charge is 2.41. The van der Waals surface area contributed by atoms with Crippen molar-refractivity contribution in [2.24, 2.45) is 10.8 Å². The molecular formula is C34H36O4. The molecule has 0 radical (unpaired) electrons. The predicted octanol–water partition coefficient (Wildman–Crippen LogP) is 8.82. The van der Waals surface area contributed by atoms with Crippen molar-refractivity contribution in [3.05, 3.63) is 77.4 Å². The third kappa shape index (κ3) is 3.85. The predicted molar refractivity (Wildman–Crippen MR) is 154 cm³/mol. The van der Waals surface area contributed by atoms with Crippen LogP contribution in [0, 0.1) is 10.8 Å². The molecule has 4 heteroatoms. The second kappa shape index (κ2) is 8.25. The van der Waals surface area contributed by atoms with Crippen LogP contribution in [0.3, 0.4) is 0 Å². The molecule has 4 aromatic rings. The molecule has 38 heavy (non-hydrogen) atoms. The maximum absolute atomic E-state index is 11.4. The summed E-state index contributed by atoms with van der Waals surface area (Å²) in [5, 5.41) is 15.6. The number of phenols is 1. The number of hydrogen-bond acceptors (Lipinski definition) is 4. The highest BCUT2D eigenvalue weighted by molar-refractivity contribution is 6.11. The van der Waals surface area contributed by atoms with Gasteiger partial charge in [-0.25, -0.2) is 0 Å². The monoisotopic (exact) mass is 508 g/mol. The van der Waals surface area contributed by atoms with Gasteiger partial charge in [0.25, 0.3) is 0 Å². The Balaban J connectivity index is 1.69. The number of rotatable bonds is 2. The van der Waals surface area contributed by atoms with E-state index < -0.39 is 5.79 Å². The van der Waals surface area contributed by atoms with E-state index in [0.29, 0.717) is 13.2 Å². The Morgan fingerprint density at radius 3 is 2.32 bits per heavy atom. The molecule has 0 saturated carbocycles. The van der Waals surface area contributed by atoms with Crippen LogP contribution in [-0.4, -0.2) is 17.5 Å². The topological polar surface area (TPSA) is 47.9 Å². The molecule has 0 fully saturated rings. The summed E-state index contributed by atoms with van der Waals surface area (Å²) in [7, 11) is 0. The maximum atomic E-state index is 11.4. The van der Waals surface area contributed by atoms with Crippen molar-refractivity contribution in [2.75, 3.05) is 6.61 Å². The second-order valence-corrected chi connectivity index (χ2v) is 12.7. The van der Waals surface area contributed by atoms with Gasteiger partial charge in [0.1, 0.15) is 17.3 Å². The molecule has 0 atom stereocenters. The minimum atomic E-state index is -0.719. The molecule has 0 aliphatic carbocycles. The van der Waals surface area contributed by atoms with Crippen molar-refractivity contribution in [3.8, 4) is 22.6 Å². The first-order valence-electron chi connectivity index (χ1n) is 13.4. The summed E-state index contributed by atoms with van der Waals surface area (Å²) in [5.74, 6) is 1.26. The Morgan fingerprint density at radius 2 is 1.55 bits per heavy atom. The average Bonchev–Trinajstić information content (AvgIpc) is 3.17. The summed E-state index contributed by atoms with van der Waals surface area (Å²) in [6.07, 6.45) is 0. The quantitative estimate of drug-likeness (QED) is 0.294. The first-order chi connectivity index (χ1) is 17.9. The normalized spacial score (nSPS) is 18.4. The SMILES string of the molecule is CC1(C)OCc2c(cc3ccccc3c2-c2c(O)ccc3c(C4=C(C(C)(C)C)C(C)(C)CO4)cccc23)O1. The fourth-order valence-electron chi connectivity index (χ4n) is 6.50. The van der Waals surface area contributed by atoms with E-state index in [-0.39, 0.29) is 16.6 Å². The molecule has 0 amide bonds. The number of benzene rings is 4. The van der Waals surface area contributed by atoms with Gasteiger partial charge in [-0.15, -0.1) is 0 Å². The molecule has 6 rings (SSSR count). The van der Waals surface area contributed by atoms with Crippen molar-refractivity contribution in [3.63, 3.8) is 0 Å². The van der Waals surface area contributed by atoms with Gasteiger partial charge < -0.3 is 19.3 Å². The molecule has 1 N–H and O–H groups in total. The minimum Gasteiger partial charge on any atom is -0.507 e. The van der Waals surface area contributed by atoms with Gasteiger partial charge in [0.05, 0.1) is 13.2 Å². The lowest BCUT2D eigenvalue weighted by Gasteiger charge is -2.34. The maximum Gasteiger partial charge on any atom is 0.205 e. The lowest BCUT2D eigenvalue weighted by atomic mass is 9.71. The zero-order chi connectivity index (χ0) is 27.0. The Hall–Kier alpha value is -3.50. The minimum absolute atomic E-state index is 0.0482. The highest BCUT2D eigenvalue weighted by Crippen LogP contribution is 2.52.